The molecule has 2 aliphatic rings. The molecular formula is C20H32N4O4. The molecule has 3 amide bonds. The third-order valence-electron chi connectivity index (χ3n) is 5.72. The number of carbonyl (C=O) groups excluding carboxylic acids is 2. The predicted octanol–water partition coefficient (Wildman–Crippen LogP) is 1.59. The lowest BCUT2D eigenvalue weighted by Crippen LogP contribution is -2.50. The van der Waals surface area contributed by atoms with Crippen LogP contribution in [-0.4, -0.2) is 104 Å². The molecule has 0 aliphatic carbocycles. The number of ether oxygens (including phenoxy) is 1. The summed E-state index contributed by atoms with van der Waals surface area (Å²) >= 11 is 0. The molecule has 8 nitrogen and oxygen atoms in total. The van der Waals surface area contributed by atoms with Gasteiger partial charge < -0.3 is 23.9 Å². The van der Waals surface area contributed by atoms with E-state index in [1.165, 1.54) is 6.26 Å². The Hall–Kier alpha value is -2.06. The minimum Gasteiger partial charge on any atom is -0.459 e. The van der Waals surface area contributed by atoms with E-state index in [-0.39, 0.29) is 11.9 Å². The molecule has 2 aliphatic heterocycles. The van der Waals surface area contributed by atoms with Gasteiger partial charge in [-0.2, -0.15) is 0 Å². The van der Waals surface area contributed by atoms with Crippen LogP contribution >= 0.6 is 0 Å². The second-order valence-corrected chi connectivity index (χ2v) is 7.85. The first-order valence-electron chi connectivity index (χ1n) is 10.1. The Labute approximate surface area is 167 Å². The van der Waals surface area contributed by atoms with Gasteiger partial charge in [-0.05, 0) is 31.4 Å². The highest BCUT2D eigenvalue weighted by molar-refractivity contribution is 5.91. The summed E-state index contributed by atoms with van der Waals surface area (Å²) in [7, 11) is 5.39. The summed E-state index contributed by atoms with van der Waals surface area (Å²) in [6.07, 6.45) is 4.47. The molecule has 0 saturated carbocycles. The Bertz CT molecular complexity index is 643. The van der Waals surface area contributed by atoms with Crippen LogP contribution in [0.5, 0.6) is 0 Å². The van der Waals surface area contributed by atoms with Crippen molar-refractivity contribution in [2.45, 2.75) is 31.3 Å². The first kappa shape index (κ1) is 20.7. The lowest BCUT2D eigenvalue weighted by Gasteiger charge is -2.39. The maximum absolute atomic E-state index is 12.5. The quantitative estimate of drug-likeness (QED) is 0.735. The summed E-state index contributed by atoms with van der Waals surface area (Å²) in [5.74, 6) is 0.261. The van der Waals surface area contributed by atoms with Gasteiger partial charge in [0.05, 0.1) is 6.26 Å². The number of nitrogens with zero attached hydrogens (tertiary/aromatic N) is 4. The van der Waals surface area contributed by atoms with Gasteiger partial charge in [0, 0.05) is 72.6 Å². The van der Waals surface area contributed by atoms with Crippen molar-refractivity contribution >= 4 is 11.9 Å². The number of likely N-dealkylation sites (N-methyl/N-ethyl adjacent to an activating group) is 1. The van der Waals surface area contributed by atoms with E-state index in [1.807, 2.05) is 11.9 Å². The Morgan fingerprint density at radius 1 is 1.11 bits per heavy atom. The average molecular weight is 393 g/mol. The summed E-state index contributed by atoms with van der Waals surface area (Å²) in [6.45, 7) is 4.47. The number of likely N-dealkylation sites (tertiary alicyclic amines) is 1. The highest BCUT2D eigenvalue weighted by Gasteiger charge is 2.35. The summed E-state index contributed by atoms with van der Waals surface area (Å²) in [4.78, 5) is 32.6. The van der Waals surface area contributed by atoms with Crippen LogP contribution in [0.25, 0.3) is 0 Å². The summed E-state index contributed by atoms with van der Waals surface area (Å²) < 4.78 is 10.8. The molecule has 0 radical (unpaired) electrons. The molecule has 0 N–H and O–H groups in total. The highest BCUT2D eigenvalue weighted by Crippen LogP contribution is 2.24. The Kier molecular flexibility index (Phi) is 6.96. The fourth-order valence-electron chi connectivity index (χ4n) is 4.10. The fourth-order valence-corrected chi connectivity index (χ4v) is 4.10. The van der Waals surface area contributed by atoms with Crippen molar-refractivity contribution in [3.05, 3.63) is 24.2 Å². The van der Waals surface area contributed by atoms with Crippen molar-refractivity contribution in [3.8, 4) is 0 Å². The third-order valence-corrected chi connectivity index (χ3v) is 5.72. The Balaban J connectivity index is 1.62. The molecule has 1 aromatic heterocycles. The van der Waals surface area contributed by atoms with Crippen LogP contribution in [-0.2, 0) is 4.74 Å². The zero-order chi connectivity index (χ0) is 20.1. The van der Waals surface area contributed by atoms with Gasteiger partial charge in [0.2, 0.25) is 0 Å². The number of carbonyl (C=O) groups is 2. The monoisotopic (exact) mass is 392 g/mol. The van der Waals surface area contributed by atoms with Crippen LogP contribution in [0.3, 0.4) is 0 Å². The van der Waals surface area contributed by atoms with E-state index in [1.54, 1.807) is 36.0 Å². The largest absolute Gasteiger partial charge is 0.459 e. The highest BCUT2D eigenvalue weighted by atomic mass is 16.5. The second-order valence-electron chi connectivity index (χ2n) is 7.85. The average Bonchev–Trinajstić information content (AvgIpc) is 3.40. The molecule has 2 saturated heterocycles. The normalized spacial score (nSPS) is 20.6. The van der Waals surface area contributed by atoms with E-state index in [0.717, 1.165) is 52.1 Å². The zero-order valence-corrected chi connectivity index (χ0v) is 17.2. The minimum atomic E-state index is -0.104. The number of hydrogen-bond donors (Lipinski definition) is 0. The lowest BCUT2D eigenvalue weighted by atomic mass is 10.0. The van der Waals surface area contributed by atoms with E-state index in [9.17, 15) is 9.59 Å². The second kappa shape index (κ2) is 9.43. The number of amides is 3. The number of hydrogen-bond acceptors (Lipinski definition) is 5. The standard InChI is InChI=1S/C20H32N4O4/c1-21(2)20(26)23-9-6-17(15-23)24(16-7-13-27-14-8-16)11-10-22(3)19(25)18-5-4-12-28-18/h4-5,12,16-17H,6-11,13-15H2,1-3H3. The van der Waals surface area contributed by atoms with Gasteiger partial charge in [0.15, 0.2) is 5.76 Å². The maximum Gasteiger partial charge on any atom is 0.319 e. The Morgan fingerprint density at radius 2 is 1.86 bits per heavy atom. The lowest BCUT2D eigenvalue weighted by molar-refractivity contribution is 0.0150. The summed E-state index contributed by atoms with van der Waals surface area (Å²) in [6, 6.07) is 4.24. The number of urea groups is 1. The molecule has 28 heavy (non-hydrogen) atoms. The van der Waals surface area contributed by atoms with Crippen molar-refractivity contribution < 1.29 is 18.7 Å². The van der Waals surface area contributed by atoms with Crippen LogP contribution in [0.2, 0.25) is 0 Å². The summed E-state index contributed by atoms with van der Waals surface area (Å²) in [5, 5.41) is 0. The van der Waals surface area contributed by atoms with Crippen molar-refractivity contribution in [1.82, 2.24) is 19.6 Å². The van der Waals surface area contributed by atoms with Gasteiger partial charge in [0.1, 0.15) is 0 Å². The van der Waals surface area contributed by atoms with Gasteiger partial charge in [-0.3, -0.25) is 9.69 Å². The number of furan rings is 1. The van der Waals surface area contributed by atoms with Crippen molar-refractivity contribution in [2.75, 3.05) is 60.5 Å². The molecule has 0 aromatic carbocycles. The molecule has 3 heterocycles. The van der Waals surface area contributed by atoms with Crippen LogP contribution in [0.4, 0.5) is 4.79 Å². The third kappa shape index (κ3) is 4.86. The van der Waals surface area contributed by atoms with Crippen molar-refractivity contribution in [3.63, 3.8) is 0 Å². The predicted molar refractivity (Wildman–Crippen MR) is 105 cm³/mol. The molecule has 0 bridgehead atoms. The molecular weight excluding hydrogens is 360 g/mol. The van der Waals surface area contributed by atoms with Gasteiger partial charge in [-0.1, -0.05) is 0 Å². The maximum atomic E-state index is 12.5. The topological polar surface area (TPSA) is 69.5 Å². The van der Waals surface area contributed by atoms with Crippen LogP contribution in [0, 0.1) is 0 Å². The molecule has 2 fully saturated rings. The Morgan fingerprint density at radius 3 is 2.50 bits per heavy atom. The minimum absolute atomic E-state index is 0.0690. The SMILES string of the molecule is CN(C)C(=O)N1CCC(N(CCN(C)C(=O)c2ccco2)C2CCOCC2)C1. The first-order valence-corrected chi connectivity index (χ1v) is 10.1. The van der Waals surface area contributed by atoms with Crippen LogP contribution in [0.1, 0.15) is 29.8 Å². The molecule has 8 heteroatoms. The van der Waals surface area contributed by atoms with Crippen LogP contribution in [0.15, 0.2) is 22.8 Å². The van der Waals surface area contributed by atoms with Gasteiger partial charge >= 0.3 is 6.03 Å². The molecule has 0 spiro atoms. The molecule has 1 atom stereocenters. The summed E-state index contributed by atoms with van der Waals surface area (Å²) in [5.41, 5.74) is 0. The molecule has 1 unspecified atom stereocenters. The van der Waals surface area contributed by atoms with Gasteiger partial charge in [-0.15, -0.1) is 0 Å². The van der Waals surface area contributed by atoms with E-state index in [4.69, 9.17) is 9.15 Å². The van der Waals surface area contributed by atoms with Gasteiger partial charge in [-0.25, -0.2) is 4.79 Å². The van der Waals surface area contributed by atoms with Crippen LogP contribution < -0.4 is 0 Å². The zero-order valence-electron chi connectivity index (χ0n) is 17.2. The molecule has 156 valence electrons. The van der Waals surface area contributed by atoms with E-state index in [2.05, 4.69) is 4.90 Å². The van der Waals surface area contributed by atoms with Crippen molar-refractivity contribution in [2.24, 2.45) is 0 Å². The van der Waals surface area contributed by atoms with Gasteiger partial charge in [0.25, 0.3) is 5.91 Å². The van der Waals surface area contributed by atoms with Crippen molar-refractivity contribution in [1.29, 1.82) is 0 Å². The smallest absolute Gasteiger partial charge is 0.319 e. The number of rotatable bonds is 6. The molecule has 1 aromatic rings. The fraction of sp³-hybridized carbons (Fsp3) is 0.700. The van der Waals surface area contributed by atoms with E-state index in [0.29, 0.717) is 24.4 Å². The first-order chi connectivity index (χ1) is 13.5. The van der Waals surface area contributed by atoms with E-state index >= 15 is 0 Å². The molecule has 3 rings (SSSR count). The van der Waals surface area contributed by atoms with E-state index < -0.39 is 0 Å².